The molecular formula is C18H18O4. The Bertz CT molecular complexity index is 607. The zero-order chi connectivity index (χ0) is 15.8. The van der Waals surface area contributed by atoms with E-state index in [1.54, 1.807) is 54.6 Å². The van der Waals surface area contributed by atoms with Crippen LogP contribution in [0.3, 0.4) is 0 Å². The normalized spacial score (nSPS) is 11.5. The summed E-state index contributed by atoms with van der Waals surface area (Å²) in [6.45, 7) is 2.20. The fourth-order valence-electron chi connectivity index (χ4n) is 1.91. The molecule has 2 rings (SSSR count). The maximum absolute atomic E-state index is 12.2. The van der Waals surface area contributed by atoms with Gasteiger partial charge in [0.2, 0.25) is 6.10 Å². The van der Waals surface area contributed by atoms with E-state index in [-0.39, 0.29) is 0 Å². The first kappa shape index (κ1) is 15.8. The number of rotatable bonds is 6. The van der Waals surface area contributed by atoms with Crippen molar-refractivity contribution in [3.63, 3.8) is 0 Å². The first-order valence-electron chi connectivity index (χ1n) is 7.20. The molecule has 0 aliphatic rings. The van der Waals surface area contributed by atoms with Crippen molar-refractivity contribution >= 4 is 11.9 Å². The van der Waals surface area contributed by atoms with E-state index in [4.69, 9.17) is 9.47 Å². The molecule has 22 heavy (non-hydrogen) atoms. The monoisotopic (exact) mass is 298 g/mol. The van der Waals surface area contributed by atoms with Crippen molar-refractivity contribution in [2.45, 2.75) is 19.4 Å². The molecular weight excluding hydrogens is 280 g/mol. The Kier molecular flexibility index (Phi) is 5.72. The number of carbonyl (C=O) groups is 2. The molecule has 0 aliphatic carbocycles. The van der Waals surface area contributed by atoms with Gasteiger partial charge in [-0.25, -0.2) is 9.59 Å². The Morgan fingerprint density at radius 3 is 2.14 bits per heavy atom. The summed E-state index contributed by atoms with van der Waals surface area (Å²) < 4.78 is 10.5. The molecule has 0 saturated carbocycles. The molecule has 0 N–H and O–H groups in total. The minimum Gasteiger partial charge on any atom is -0.463 e. The van der Waals surface area contributed by atoms with Gasteiger partial charge >= 0.3 is 11.9 Å². The van der Waals surface area contributed by atoms with Crippen molar-refractivity contribution in [1.82, 2.24) is 0 Å². The van der Waals surface area contributed by atoms with Gasteiger partial charge < -0.3 is 9.47 Å². The summed E-state index contributed by atoms with van der Waals surface area (Å²) in [4.78, 5) is 24.3. The second kappa shape index (κ2) is 7.98. The summed E-state index contributed by atoms with van der Waals surface area (Å²) in [5.41, 5.74) is 0.986. The number of hydrogen-bond donors (Lipinski definition) is 0. The highest BCUT2D eigenvalue weighted by Crippen LogP contribution is 2.21. The highest BCUT2D eigenvalue weighted by Gasteiger charge is 2.26. The summed E-state index contributed by atoms with van der Waals surface area (Å²) in [5, 5.41) is 0. The Morgan fingerprint density at radius 1 is 0.955 bits per heavy atom. The molecule has 4 heteroatoms. The minimum atomic E-state index is -1.06. The maximum atomic E-state index is 12.2. The first-order valence-corrected chi connectivity index (χ1v) is 7.20. The molecule has 0 saturated heterocycles. The number of benzene rings is 2. The van der Waals surface area contributed by atoms with E-state index in [9.17, 15) is 9.59 Å². The van der Waals surface area contributed by atoms with E-state index < -0.39 is 18.0 Å². The lowest BCUT2D eigenvalue weighted by molar-refractivity contribution is -0.154. The number of carbonyl (C=O) groups excluding carboxylic acids is 2. The van der Waals surface area contributed by atoms with Crippen molar-refractivity contribution < 1.29 is 19.1 Å². The van der Waals surface area contributed by atoms with Gasteiger partial charge in [-0.15, -0.1) is 0 Å². The molecule has 0 aliphatic heterocycles. The Morgan fingerprint density at radius 2 is 1.55 bits per heavy atom. The van der Waals surface area contributed by atoms with Gasteiger partial charge in [0.15, 0.2) is 0 Å². The highest BCUT2D eigenvalue weighted by atomic mass is 16.6. The maximum Gasteiger partial charge on any atom is 0.352 e. The third-order valence-electron chi connectivity index (χ3n) is 3.00. The smallest absolute Gasteiger partial charge is 0.352 e. The lowest BCUT2D eigenvalue weighted by atomic mass is 10.1. The van der Waals surface area contributed by atoms with Crippen LogP contribution in [-0.4, -0.2) is 18.5 Å². The van der Waals surface area contributed by atoms with E-state index in [0.717, 1.165) is 0 Å². The largest absolute Gasteiger partial charge is 0.463 e. The van der Waals surface area contributed by atoms with E-state index in [0.29, 0.717) is 24.2 Å². The van der Waals surface area contributed by atoms with Gasteiger partial charge in [-0.1, -0.05) is 55.5 Å². The van der Waals surface area contributed by atoms with Crippen LogP contribution >= 0.6 is 0 Å². The molecule has 2 aromatic rings. The van der Waals surface area contributed by atoms with E-state index >= 15 is 0 Å². The van der Waals surface area contributed by atoms with Crippen LogP contribution in [0.5, 0.6) is 0 Å². The zero-order valence-electron chi connectivity index (χ0n) is 12.4. The van der Waals surface area contributed by atoms with Crippen molar-refractivity contribution in [2.75, 3.05) is 6.61 Å². The topological polar surface area (TPSA) is 52.6 Å². The van der Waals surface area contributed by atoms with Crippen LogP contribution in [0.15, 0.2) is 60.7 Å². The lowest BCUT2D eigenvalue weighted by Gasteiger charge is -2.17. The standard InChI is InChI=1S/C18H18O4/c1-2-13-21-18(20)16(14-9-5-3-6-10-14)22-17(19)15-11-7-4-8-12-15/h3-12,16H,2,13H2,1H3. The summed E-state index contributed by atoms with van der Waals surface area (Å²) in [6.07, 6.45) is -0.347. The molecule has 0 heterocycles. The Hall–Kier alpha value is -2.62. The third kappa shape index (κ3) is 4.19. The SMILES string of the molecule is CCCOC(=O)C(OC(=O)c1ccccc1)c1ccccc1. The number of hydrogen-bond acceptors (Lipinski definition) is 4. The van der Waals surface area contributed by atoms with Crippen LogP contribution in [-0.2, 0) is 14.3 Å². The Labute approximate surface area is 129 Å². The van der Waals surface area contributed by atoms with Gasteiger partial charge in [0.25, 0.3) is 0 Å². The predicted molar refractivity (Wildman–Crippen MR) is 82.3 cm³/mol. The molecule has 0 aromatic heterocycles. The second-order valence-electron chi connectivity index (χ2n) is 4.73. The molecule has 0 bridgehead atoms. The van der Waals surface area contributed by atoms with E-state index in [2.05, 4.69) is 0 Å². The van der Waals surface area contributed by atoms with Crippen LogP contribution in [0.25, 0.3) is 0 Å². The molecule has 0 radical (unpaired) electrons. The molecule has 0 fully saturated rings. The fraction of sp³-hybridized carbons (Fsp3) is 0.222. The van der Waals surface area contributed by atoms with Gasteiger partial charge in [0.05, 0.1) is 12.2 Å². The molecule has 0 spiro atoms. The van der Waals surface area contributed by atoms with Gasteiger partial charge in [-0.3, -0.25) is 0 Å². The van der Waals surface area contributed by atoms with Gasteiger partial charge in [-0.05, 0) is 18.6 Å². The van der Waals surface area contributed by atoms with Crippen LogP contribution < -0.4 is 0 Å². The minimum absolute atomic E-state index is 0.297. The average molecular weight is 298 g/mol. The summed E-state index contributed by atoms with van der Waals surface area (Å²) in [6, 6.07) is 17.4. The molecule has 114 valence electrons. The molecule has 1 unspecified atom stereocenters. The van der Waals surface area contributed by atoms with Crippen LogP contribution in [0.2, 0.25) is 0 Å². The molecule has 1 atom stereocenters. The van der Waals surface area contributed by atoms with Crippen molar-refractivity contribution in [2.24, 2.45) is 0 Å². The van der Waals surface area contributed by atoms with Crippen LogP contribution in [0, 0.1) is 0 Å². The lowest BCUT2D eigenvalue weighted by Crippen LogP contribution is -2.22. The molecule has 2 aromatic carbocycles. The molecule has 4 nitrogen and oxygen atoms in total. The summed E-state index contributed by atoms with van der Waals surface area (Å²) in [7, 11) is 0. The van der Waals surface area contributed by atoms with Crippen molar-refractivity contribution in [1.29, 1.82) is 0 Å². The van der Waals surface area contributed by atoms with Crippen molar-refractivity contribution in [3.05, 3.63) is 71.8 Å². The second-order valence-corrected chi connectivity index (χ2v) is 4.73. The quantitative estimate of drug-likeness (QED) is 0.765. The van der Waals surface area contributed by atoms with Crippen LogP contribution in [0.1, 0.15) is 35.4 Å². The predicted octanol–water partition coefficient (Wildman–Crippen LogP) is 3.54. The Balaban J connectivity index is 2.18. The summed E-state index contributed by atoms with van der Waals surface area (Å²) in [5.74, 6) is -1.11. The number of esters is 2. The van der Waals surface area contributed by atoms with E-state index in [1.807, 2.05) is 13.0 Å². The van der Waals surface area contributed by atoms with Crippen molar-refractivity contribution in [3.8, 4) is 0 Å². The first-order chi connectivity index (χ1) is 10.7. The average Bonchev–Trinajstić information content (AvgIpc) is 2.59. The highest BCUT2D eigenvalue weighted by molar-refractivity contribution is 5.91. The molecule has 0 amide bonds. The number of ether oxygens (including phenoxy) is 2. The van der Waals surface area contributed by atoms with Crippen LogP contribution in [0.4, 0.5) is 0 Å². The van der Waals surface area contributed by atoms with Gasteiger partial charge in [0.1, 0.15) is 0 Å². The van der Waals surface area contributed by atoms with Gasteiger partial charge in [0, 0.05) is 5.56 Å². The van der Waals surface area contributed by atoms with Gasteiger partial charge in [-0.2, -0.15) is 0 Å². The van der Waals surface area contributed by atoms with E-state index in [1.165, 1.54) is 0 Å². The third-order valence-corrected chi connectivity index (χ3v) is 3.00. The summed E-state index contributed by atoms with van der Waals surface area (Å²) >= 11 is 0. The fourth-order valence-corrected chi connectivity index (χ4v) is 1.91. The zero-order valence-corrected chi connectivity index (χ0v) is 12.4.